The Labute approximate surface area is 142 Å². The van der Waals surface area contributed by atoms with Gasteiger partial charge in [0.05, 0.1) is 36.8 Å². The van der Waals surface area contributed by atoms with Crippen molar-refractivity contribution in [2.75, 3.05) is 19.8 Å². The number of nitrogens with zero attached hydrogens (tertiary/aromatic N) is 4. The van der Waals surface area contributed by atoms with Crippen molar-refractivity contribution >= 4 is 5.91 Å². The lowest BCUT2D eigenvalue weighted by molar-refractivity contribution is -0.140. The molecule has 1 atom stereocenters. The Balaban J connectivity index is 1.60. The van der Waals surface area contributed by atoms with Gasteiger partial charge in [-0.3, -0.25) is 14.6 Å². The van der Waals surface area contributed by atoms with E-state index in [9.17, 15) is 4.79 Å². The van der Waals surface area contributed by atoms with Crippen molar-refractivity contribution < 1.29 is 9.53 Å². The van der Waals surface area contributed by atoms with Gasteiger partial charge in [-0.25, -0.2) is 0 Å². The predicted molar refractivity (Wildman–Crippen MR) is 89.5 cm³/mol. The highest BCUT2D eigenvalue weighted by Crippen LogP contribution is 2.25. The molecule has 1 aliphatic rings. The molecule has 130 valence electrons. The van der Waals surface area contributed by atoms with Crippen LogP contribution in [-0.2, 0) is 16.1 Å². The molecular weight excluding hydrogens is 306 g/mol. The number of aryl methyl sites for hydroxylation is 4. The summed E-state index contributed by atoms with van der Waals surface area (Å²) in [5, 5.41) is 11.5. The topological polar surface area (TPSA) is 76.0 Å². The van der Waals surface area contributed by atoms with Gasteiger partial charge in [-0.1, -0.05) is 0 Å². The normalized spacial score (nSPS) is 18.1. The van der Waals surface area contributed by atoms with Crippen LogP contribution >= 0.6 is 0 Å². The highest BCUT2D eigenvalue weighted by Gasteiger charge is 2.30. The third-order valence-electron chi connectivity index (χ3n) is 4.51. The largest absolute Gasteiger partial charge is 0.377 e. The SMILES string of the molecule is Cc1cc(C)n(CCCC(=O)N2CCOCC2c2[nH]ncc2C)n1. The summed E-state index contributed by atoms with van der Waals surface area (Å²) >= 11 is 0. The van der Waals surface area contributed by atoms with E-state index in [-0.39, 0.29) is 11.9 Å². The average molecular weight is 331 g/mol. The fourth-order valence-electron chi connectivity index (χ4n) is 3.26. The fourth-order valence-corrected chi connectivity index (χ4v) is 3.26. The summed E-state index contributed by atoms with van der Waals surface area (Å²) in [6.07, 6.45) is 3.09. The van der Waals surface area contributed by atoms with Crippen LogP contribution in [0.1, 0.15) is 41.5 Å². The molecule has 3 rings (SSSR count). The number of aromatic nitrogens is 4. The number of H-pyrrole nitrogens is 1. The van der Waals surface area contributed by atoms with Crippen LogP contribution in [0.4, 0.5) is 0 Å². The number of rotatable bonds is 5. The Hall–Kier alpha value is -2.15. The van der Waals surface area contributed by atoms with Crippen molar-refractivity contribution in [1.29, 1.82) is 0 Å². The molecule has 1 fully saturated rings. The van der Waals surface area contributed by atoms with E-state index >= 15 is 0 Å². The van der Waals surface area contributed by atoms with Crippen molar-refractivity contribution in [3.05, 3.63) is 34.9 Å². The van der Waals surface area contributed by atoms with Gasteiger partial charge in [-0.15, -0.1) is 0 Å². The molecule has 2 aromatic rings. The van der Waals surface area contributed by atoms with Gasteiger partial charge in [-0.05, 0) is 38.8 Å². The molecule has 24 heavy (non-hydrogen) atoms. The zero-order chi connectivity index (χ0) is 17.1. The summed E-state index contributed by atoms with van der Waals surface area (Å²) in [6, 6.07) is 1.99. The van der Waals surface area contributed by atoms with Crippen LogP contribution < -0.4 is 0 Å². The lowest BCUT2D eigenvalue weighted by Crippen LogP contribution is -2.43. The van der Waals surface area contributed by atoms with Crippen LogP contribution in [0, 0.1) is 20.8 Å². The maximum atomic E-state index is 12.7. The van der Waals surface area contributed by atoms with Gasteiger partial charge < -0.3 is 9.64 Å². The molecule has 0 aromatic carbocycles. The number of morpholine rings is 1. The van der Waals surface area contributed by atoms with Gasteiger partial charge in [0.1, 0.15) is 0 Å². The second-order valence-corrected chi connectivity index (χ2v) is 6.40. The second kappa shape index (κ2) is 7.17. The summed E-state index contributed by atoms with van der Waals surface area (Å²) < 4.78 is 7.55. The standard InChI is InChI=1S/C17H25N5O2/c1-12-10-18-19-17(12)15-11-24-8-7-21(15)16(23)5-4-6-22-14(3)9-13(2)20-22/h9-10,15H,4-8,11H2,1-3H3,(H,18,19). The Kier molecular flexibility index (Phi) is 4.99. The summed E-state index contributed by atoms with van der Waals surface area (Å²) in [7, 11) is 0. The zero-order valence-corrected chi connectivity index (χ0v) is 14.6. The molecule has 0 radical (unpaired) electrons. The molecule has 1 saturated heterocycles. The smallest absolute Gasteiger partial charge is 0.223 e. The molecule has 7 nitrogen and oxygen atoms in total. The minimum atomic E-state index is -0.0672. The van der Waals surface area contributed by atoms with Gasteiger partial charge in [0.15, 0.2) is 0 Å². The highest BCUT2D eigenvalue weighted by molar-refractivity contribution is 5.76. The molecular formula is C17H25N5O2. The number of carbonyl (C=O) groups is 1. The molecule has 1 amide bonds. The Morgan fingerprint density at radius 2 is 2.25 bits per heavy atom. The maximum absolute atomic E-state index is 12.7. The summed E-state index contributed by atoms with van der Waals surface area (Å²) in [5.74, 6) is 0.166. The minimum absolute atomic E-state index is 0.0672. The summed E-state index contributed by atoms with van der Waals surface area (Å²) in [5.41, 5.74) is 4.19. The van der Waals surface area contributed by atoms with Crippen LogP contribution in [0.2, 0.25) is 0 Å². The number of ether oxygens (including phenoxy) is 1. The third kappa shape index (κ3) is 3.51. The number of amides is 1. The van der Waals surface area contributed by atoms with Crippen molar-refractivity contribution in [3.63, 3.8) is 0 Å². The second-order valence-electron chi connectivity index (χ2n) is 6.40. The lowest BCUT2D eigenvalue weighted by Gasteiger charge is -2.35. The number of aromatic amines is 1. The van der Waals surface area contributed by atoms with E-state index in [0.29, 0.717) is 26.2 Å². The number of hydrogen-bond acceptors (Lipinski definition) is 4. The van der Waals surface area contributed by atoms with Crippen LogP contribution in [0.15, 0.2) is 12.3 Å². The highest BCUT2D eigenvalue weighted by atomic mass is 16.5. The van der Waals surface area contributed by atoms with Crippen LogP contribution in [-0.4, -0.2) is 50.5 Å². The molecule has 1 unspecified atom stereocenters. The lowest BCUT2D eigenvalue weighted by atomic mass is 10.1. The molecule has 0 bridgehead atoms. The Morgan fingerprint density at radius 1 is 1.42 bits per heavy atom. The number of hydrogen-bond donors (Lipinski definition) is 1. The molecule has 0 spiro atoms. The Morgan fingerprint density at radius 3 is 2.92 bits per heavy atom. The minimum Gasteiger partial charge on any atom is -0.377 e. The first-order valence-electron chi connectivity index (χ1n) is 8.44. The number of nitrogens with one attached hydrogen (secondary N) is 1. The average Bonchev–Trinajstić information content (AvgIpc) is 3.12. The van der Waals surface area contributed by atoms with Crippen LogP contribution in [0.5, 0.6) is 0 Å². The summed E-state index contributed by atoms with van der Waals surface area (Å²) in [4.78, 5) is 14.6. The van der Waals surface area contributed by atoms with E-state index in [0.717, 1.165) is 35.6 Å². The molecule has 0 aliphatic carbocycles. The predicted octanol–water partition coefficient (Wildman–Crippen LogP) is 1.91. The first-order valence-corrected chi connectivity index (χ1v) is 8.44. The van der Waals surface area contributed by atoms with Gasteiger partial charge in [0.2, 0.25) is 5.91 Å². The first-order chi connectivity index (χ1) is 11.6. The van der Waals surface area contributed by atoms with Gasteiger partial charge in [0.25, 0.3) is 0 Å². The monoisotopic (exact) mass is 331 g/mol. The van der Waals surface area contributed by atoms with Crippen molar-refractivity contribution in [3.8, 4) is 0 Å². The van der Waals surface area contributed by atoms with E-state index in [2.05, 4.69) is 21.4 Å². The Bertz CT molecular complexity index is 706. The number of carbonyl (C=O) groups excluding carboxylic acids is 1. The van der Waals surface area contributed by atoms with E-state index in [1.54, 1.807) is 6.20 Å². The van der Waals surface area contributed by atoms with Crippen molar-refractivity contribution in [2.45, 2.75) is 46.2 Å². The van der Waals surface area contributed by atoms with E-state index in [4.69, 9.17) is 4.74 Å². The third-order valence-corrected chi connectivity index (χ3v) is 4.51. The fraction of sp³-hybridized carbons (Fsp3) is 0.588. The van der Waals surface area contributed by atoms with Gasteiger partial charge in [0, 0.05) is 25.2 Å². The summed E-state index contributed by atoms with van der Waals surface area (Å²) in [6.45, 7) is 8.53. The van der Waals surface area contributed by atoms with Gasteiger partial charge >= 0.3 is 0 Å². The molecule has 0 saturated carbocycles. The zero-order valence-electron chi connectivity index (χ0n) is 14.6. The molecule has 1 aliphatic heterocycles. The van der Waals surface area contributed by atoms with Crippen LogP contribution in [0.25, 0.3) is 0 Å². The van der Waals surface area contributed by atoms with Crippen molar-refractivity contribution in [1.82, 2.24) is 24.9 Å². The van der Waals surface area contributed by atoms with Crippen molar-refractivity contribution in [2.24, 2.45) is 0 Å². The van der Waals surface area contributed by atoms with E-state index < -0.39 is 0 Å². The maximum Gasteiger partial charge on any atom is 0.223 e. The first kappa shape index (κ1) is 16.7. The molecule has 1 N–H and O–H groups in total. The van der Waals surface area contributed by atoms with Gasteiger partial charge in [-0.2, -0.15) is 10.2 Å². The van der Waals surface area contributed by atoms with Crippen LogP contribution in [0.3, 0.4) is 0 Å². The molecule has 3 heterocycles. The van der Waals surface area contributed by atoms with E-state index in [1.165, 1.54) is 0 Å². The van der Waals surface area contributed by atoms with E-state index in [1.807, 2.05) is 30.4 Å². The molecule has 2 aromatic heterocycles. The molecule has 7 heteroatoms. The quantitative estimate of drug-likeness (QED) is 0.908.